The van der Waals surface area contributed by atoms with E-state index in [1.807, 2.05) is 17.8 Å². The quantitative estimate of drug-likeness (QED) is 0.879. The number of aromatic nitrogens is 2. The van der Waals surface area contributed by atoms with Gasteiger partial charge in [-0.25, -0.2) is 0 Å². The molecular formula is C16H24N4. The number of aryl methyl sites for hydroxylation is 1. The Morgan fingerprint density at radius 2 is 1.85 bits per heavy atom. The molecule has 0 saturated carbocycles. The highest BCUT2D eigenvalue weighted by Gasteiger charge is 2.17. The summed E-state index contributed by atoms with van der Waals surface area (Å²) in [6, 6.07) is 10.8. The highest BCUT2D eigenvalue weighted by molar-refractivity contribution is 5.66. The van der Waals surface area contributed by atoms with Gasteiger partial charge in [0.15, 0.2) is 0 Å². The average Bonchev–Trinajstić information content (AvgIpc) is 2.68. The molecule has 1 aromatic carbocycles. The minimum atomic E-state index is 0.301. The fourth-order valence-corrected chi connectivity index (χ4v) is 2.41. The van der Waals surface area contributed by atoms with E-state index in [-0.39, 0.29) is 0 Å². The fourth-order valence-electron chi connectivity index (χ4n) is 2.41. The molecule has 1 heterocycles. The molecule has 0 aliphatic heterocycles. The number of nitrogens with two attached hydrogens (primary N) is 1. The Morgan fingerprint density at radius 3 is 2.40 bits per heavy atom. The lowest BCUT2D eigenvalue weighted by Gasteiger charge is -2.16. The third kappa shape index (κ3) is 3.13. The first-order valence-electron chi connectivity index (χ1n) is 7.11. The lowest BCUT2D eigenvalue weighted by Crippen LogP contribution is -2.20. The Morgan fingerprint density at radius 1 is 1.20 bits per heavy atom. The van der Waals surface area contributed by atoms with Crippen molar-refractivity contribution in [3.8, 4) is 0 Å². The molecule has 0 fully saturated rings. The van der Waals surface area contributed by atoms with E-state index in [0.29, 0.717) is 12.0 Å². The van der Waals surface area contributed by atoms with E-state index in [1.54, 1.807) is 0 Å². The monoisotopic (exact) mass is 272 g/mol. The fraction of sp³-hybridized carbons (Fsp3) is 0.438. The van der Waals surface area contributed by atoms with Crippen molar-refractivity contribution in [1.82, 2.24) is 9.78 Å². The van der Waals surface area contributed by atoms with E-state index >= 15 is 0 Å². The van der Waals surface area contributed by atoms with Gasteiger partial charge in [0.1, 0.15) is 5.82 Å². The van der Waals surface area contributed by atoms with Crippen molar-refractivity contribution < 1.29 is 0 Å². The Bertz CT molecular complexity index is 557. The zero-order valence-corrected chi connectivity index (χ0v) is 12.7. The summed E-state index contributed by atoms with van der Waals surface area (Å²) in [5.74, 6) is 1.25. The number of benzene rings is 1. The highest BCUT2D eigenvalue weighted by atomic mass is 15.3. The smallest absolute Gasteiger partial charge is 0.148 e. The van der Waals surface area contributed by atoms with Crippen LogP contribution < -0.4 is 11.1 Å². The first-order valence-corrected chi connectivity index (χ1v) is 7.11. The van der Waals surface area contributed by atoms with Crippen LogP contribution in [-0.2, 0) is 13.5 Å². The molecule has 4 heteroatoms. The molecular weight excluding hydrogens is 248 g/mol. The van der Waals surface area contributed by atoms with E-state index in [4.69, 9.17) is 5.73 Å². The maximum absolute atomic E-state index is 6.20. The van der Waals surface area contributed by atoms with E-state index in [0.717, 1.165) is 23.6 Å². The standard InChI is InChI=1S/C16H24N4/c1-11(2)15-14(17)16(20(4)19-15)18-12(3)10-13-8-6-5-7-9-13/h5-9,11-12,18H,10,17H2,1-4H3. The molecule has 0 bridgehead atoms. The topological polar surface area (TPSA) is 55.9 Å². The van der Waals surface area contributed by atoms with Gasteiger partial charge in [0.25, 0.3) is 0 Å². The maximum atomic E-state index is 6.20. The Balaban J connectivity index is 2.10. The van der Waals surface area contributed by atoms with Gasteiger partial charge in [-0.05, 0) is 24.8 Å². The second-order valence-electron chi connectivity index (χ2n) is 5.66. The summed E-state index contributed by atoms with van der Waals surface area (Å²) in [5, 5.41) is 7.98. The predicted octanol–water partition coefficient (Wildman–Crippen LogP) is 3.17. The van der Waals surface area contributed by atoms with E-state index in [1.165, 1.54) is 5.56 Å². The van der Waals surface area contributed by atoms with Crippen LogP contribution >= 0.6 is 0 Å². The van der Waals surface area contributed by atoms with Gasteiger partial charge in [0, 0.05) is 13.1 Å². The second kappa shape index (κ2) is 5.99. The number of nitrogens with zero attached hydrogens (tertiary/aromatic N) is 2. The van der Waals surface area contributed by atoms with Crippen LogP contribution in [0.5, 0.6) is 0 Å². The molecule has 1 atom stereocenters. The van der Waals surface area contributed by atoms with Crippen molar-refractivity contribution in [1.29, 1.82) is 0 Å². The van der Waals surface area contributed by atoms with Crippen molar-refractivity contribution in [2.24, 2.45) is 7.05 Å². The number of hydrogen-bond acceptors (Lipinski definition) is 3. The number of nitrogens with one attached hydrogen (secondary N) is 1. The SMILES string of the molecule is CC(Cc1ccccc1)Nc1c(N)c(C(C)C)nn1C. The number of rotatable bonds is 5. The minimum absolute atomic E-state index is 0.301. The van der Waals surface area contributed by atoms with Gasteiger partial charge in [0.05, 0.1) is 11.4 Å². The molecule has 0 aliphatic rings. The van der Waals surface area contributed by atoms with Crippen molar-refractivity contribution in [3.05, 3.63) is 41.6 Å². The first kappa shape index (κ1) is 14.4. The third-order valence-electron chi connectivity index (χ3n) is 3.43. The Labute approximate surface area is 121 Å². The first-order chi connectivity index (χ1) is 9.49. The second-order valence-corrected chi connectivity index (χ2v) is 5.66. The van der Waals surface area contributed by atoms with Crippen LogP contribution in [0.15, 0.2) is 30.3 Å². The summed E-state index contributed by atoms with van der Waals surface area (Å²) < 4.78 is 1.84. The van der Waals surface area contributed by atoms with E-state index in [2.05, 4.69) is 55.5 Å². The summed E-state index contributed by atoms with van der Waals surface area (Å²) in [6.07, 6.45) is 0.961. The lowest BCUT2D eigenvalue weighted by molar-refractivity contribution is 0.700. The van der Waals surface area contributed by atoms with Crippen LogP contribution in [0.3, 0.4) is 0 Å². The molecule has 4 nitrogen and oxygen atoms in total. The molecule has 3 N–H and O–H groups in total. The summed E-state index contributed by atoms with van der Waals surface area (Å²) in [6.45, 7) is 6.38. The van der Waals surface area contributed by atoms with Crippen LogP contribution in [-0.4, -0.2) is 15.8 Å². The summed E-state index contributed by atoms with van der Waals surface area (Å²) in [4.78, 5) is 0. The van der Waals surface area contributed by atoms with Crippen LogP contribution in [0, 0.1) is 0 Å². The largest absolute Gasteiger partial charge is 0.394 e. The molecule has 1 unspecified atom stereocenters. The van der Waals surface area contributed by atoms with Gasteiger partial charge in [-0.1, -0.05) is 44.2 Å². The molecule has 0 amide bonds. The Hall–Kier alpha value is -1.97. The summed E-state index contributed by atoms with van der Waals surface area (Å²) in [7, 11) is 1.93. The molecule has 1 aromatic heterocycles. The third-order valence-corrected chi connectivity index (χ3v) is 3.43. The van der Waals surface area contributed by atoms with Crippen molar-refractivity contribution in [2.45, 2.75) is 39.2 Å². The maximum Gasteiger partial charge on any atom is 0.148 e. The zero-order valence-electron chi connectivity index (χ0n) is 12.7. The highest BCUT2D eigenvalue weighted by Crippen LogP contribution is 2.28. The van der Waals surface area contributed by atoms with E-state index < -0.39 is 0 Å². The molecule has 0 spiro atoms. The lowest BCUT2D eigenvalue weighted by atomic mass is 10.1. The van der Waals surface area contributed by atoms with Crippen molar-refractivity contribution >= 4 is 11.5 Å². The van der Waals surface area contributed by atoms with E-state index in [9.17, 15) is 0 Å². The average molecular weight is 272 g/mol. The molecule has 0 aliphatic carbocycles. The number of hydrogen-bond donors (Lipinski definition) is 2. The van der Waals surface area contributed by atoms with Crippen molar-refractivity contribution in [2.75, 3.05) is 11.1 Å². The minimum Gasteiger partial charge on any atom is -0.394 e. The van der Waals surface area contributed by atoms with Gasteiger partial charge in [-0.15, -0.1) is 0 Å². The predicted molar refractivity (Wildman–Crippen MR) is 84.9 cm³/mol. The van der Waals surface area contributed by atoms with Gasteiger partial charge in [-0.3, -0.25) is 4.68 Å². The van der Waals surface area contributed by atoms with Gasteiger partial charge in [-0.2, -0.15) is 5.10 Å². The molecule has 2 aromatic rings. The van der Waals surface area contributed by atoms with Gasteiger partial charge >= 0.3 is 0 Å². The molecule has 20 heavy (non-hydrogen) atoms. The summed E-state index contributed by atoms with van der Waals surface area (Å²) in [5.41, 5.74) is 9.24. The van der Waals surface area contributed by atoms with Crippen molar-refractivity contribution in [3.63, 3.8) is 0 Å². The van der Waals surface area contributed by atoms with Gasteiger partial charge < -0.3 is 11.1 Å². The van der Waals surface area contributed by atoms with Crippen LogP contribution in [0.25, 0.3) is 0 Å². The summed E-state index contributed by atoms with van der Waals surface area (Å²) >= 11 is 0. The van der Waals surface area contributed by atoms with Gasteiger partial charge in [0.2, 0.25) is 0 Å². The molecule has 108 valence electrons. The van der Waals surface area contributed by atoms with Crippen LogP contribution in [0.2, 0.25) is 0 Å². The number of anilines is 2. The zero-order chi connectivity index (χ0) is 14.7. The molecule has 2 rings (SSSR count). The molecule has 0 saturated heterocycles. The number of nitrogen functional groups attached to an aromatic ring is 1. The molecule has 0 radical (unpaired) electrons. The Kier molecular flexibility index (Phi) is 4.32. The van der Waals surface area contributed by atoms with Crippen LogP contribution in [0.1, 0.15) is 37.9 Å². The van der Waals surface area contributed by atoms with Crippen LogP contribution in [0.4, 0.5) is 11.5 Å². The normalized spacial score (nSPS) is 12.7.